The number of aliphatic hydroxyl groups is 1. The van der Waals surface area contributed by atoms with Crippen molar-refractivity contribution in [1.29, 1.82) is 0 Å². The molecule has 1 saturated carbocycles. The molecule has 1 aliphatic rings. The predicted octanol–water partition coefficient (Wildman–Crippen LogP) is 0.781. The molecule has 1 aliphatic carbocycles. The molecular formula is C12H24N2O2. The standard InChI is InChI=1S/C12H24N2O2/c1-3-10(11(13)16)14-12(8-15)6-4-9(2)5-7-12/h9-10,14-15H,3-8H2,1-2H3,(H2,13,16). The average Bonchev–Trinajstić information content (AvgIpc) is 2.28. The van der Waals surface area contributed by atoms with Crippen molar-refractivity contribution >= 4 is 5.91 Å². The SMILES string of the molecule is CCC(NC1(CO)CCC(C)CC1)C(N)=O. The summed E-state index contributed by atoms with van der Waals surface area (Å²) >= 11 is 0. The van der Waals surface area contributed by atoms with Crippen LogP contribution in [0.15, 0.2) is 0 Å². The maximum atomic E-state index is 11.2. The molecule has 0 aliphatic heterocycles. The highest BCUT2D eigenvalue weighted by Crippen LogP contribution is 2.32. The van der Waals surface area contributed by atoms with Gasteiger partial charge in [-0.3, -0.25) is 10.1 Å². The van der Waals surface area contributed by atoms with Gasteiger partial charge < -0.3 is 10.8 Å². The van der Waals surface area contributed by atoms with Crippen molar-refractivity contribution in [2.45, 2.75) is 57.5 Å². The number of carbonyl (C=O) groups excluding carboxylic acids is 1. The Kier molecular flexibility index (Phi) is 4.74. The summed E-state index contributed by atoms with van der Waals surface area (Å²) in [4.78, 5) is 11.2. The summed E-state index contributed by atoms with van der Waals surface area (Å²) in [7, 11) is 0. The molecule has 0 saturated heterocycles. The first-order chi connectivity index (χ1) is 7.53. The molecule has 0 spiro atoms. The Morgan fingerprint density at radius 3 is 2.50 bits per heavy atom. The van der Waals surface area contributed by atoms with Crippen LogP contribution < -0.4 is 11.1 Å². The normalized spacial score (nSPS) is 32.3. The molecular weight excluding hydrogens is 204 g/mol. The van der Waals surface area contributed by atoms with Crippen LogP contribution in [0.4, 0.5) is 0 Å². The van der Waals surface area contributed by atoms with Crippen LogP contribution in [0, 0.1) is 5.92 Å². The van der Waals surface area contributed by atoms with Crippen LogP contribution in [0.1, 0.15) is 46.0 Å². The predicted molar refractivity (Wildman–Crippen MR) is 63.9 cm³/mol. The van der Waals surface area contributed by atoms with Gasteiger partial charge in [-0.2, -0.15) is 0 Å². The highest BCUT2D eigenvalue weighted by Gasteiger charge is 2.35. The Labute approximate surface area is 97.6 Å². The zero-order chi connectivity index (χ0) is 12.2. The van der Waals surface area contributed by atoms with E-state index in [1.807, 2.05) is 6.92 Å². The van der Waals surface area contributed by atoms with Crippen molar-refractivity contribution in [1.82, 2.24) is 5.32 Å². The lowest BCUT2D eigenvalue weighted by molar-refractivity contribution is -0.121. The Bertz CT molecular complexity index is 235. The first kappa shape index (κ1) is 13.5. The van der Waals surface area contributed by atoms with Crippen molar-refractivity contribution in [2.24, 2.45) is 11.7 Å². The third-order valence-electron chi connectivity index (χ3n) is 3.77. The summed E-state index contributed by atoms with van der Waals surface area (Å²) in [5.74, 6) is 0.393. The monoisotopic (exact) mass is 228 g/mol. The van der Waals surface area contributed by atoms with E-state index in [-0.39, 0.29) is 24.1 Å². The second kappa shape index (κ2) is 5.64. The molecule has 4 nitrogen and oxygen atoms in total. The number of rotatable bonds is 5. The van der Waals surface area contributed by atoms with E-state index in [9.17, 15) is 9.90 Å². The zero-order valence-electron chi connectivity index (χ0n) is 10.3. The van der Waals surface area contributed by atoms with E-state index in [2.05, 4.69) is 12.2 Å². The first-order valence-electron chi connectivity index (χ1n) is 6.21. The molecule has 0 aromatic rings. The van der Waals surface area contributed by atoms with Gasteiger partial charge in [0.15, 0.2) is 0 Å². The maximum absolute atomic E-state index is 11.2. The third-order valence-corrected chi connectivity index (χ3v) is 3.77. The fourth-order valence-electron chi connectivity index (χ4n) is 2.41. The zero-order valence-corrected chi connectivity index (χ0v) is 10.3. The molecule has 94 valence electrons. The molecule has 0 aromatic heterocycles. The van der Waals surface area contributed by atoms with Crippen LogP contribution >= 0.6 is 0 Å². The van der Waals surface area contributed by atoms with Crippen LogP contribution in [0.25, 0.3) is 0 Å². The van der Waals surface area contributed by atoms with Gasteiger partial charge in [0.2, 0.25) is 5.91 Å². The quantitative estimate of drug-likeness (QED) is 0.651. The number of nitrogens with one attached hydrogen (secondary N) is 1. The fraction of sp³-hybridized carbons (Fsp3) is 0.917. The van der Waals surface area contributed by atoms with Gasteiger partial charge in [-0.25, -0.2) is 0 Å². The largest absolute Gasteiger partial charge is 0.394 e. The molecule has 1 rings (SSSR count). The molecule has 1 amide bonds. The number of aliphatic hydroxyl groups excluding tert-OH is 1. The van der Waals surface area contributed by atoms with E-state index in [4.69, 9.17) is 5.73 Å². The molecule has 4 heteroatoms. The molecule has 0 aromatic carbocycles. The fourth-order valence-corrected chi connectivity index (χ4v) is 2.41. The Hall–Kier alpha value is -0.610. The van der Waals surface area contributed by atoms with Gasteiger partial charge in [0.05, 0.1) is 12.6 Å². The molecule has 0 heterocycles. The van der Waals surface area contributed by atoms with Crippen LogP contribution in [0.5, 0.6) is 0 Å². The van der Waals surface area contributed by atoms with Crippen molar-refractivity contribution < 1.29 is 9.90 Å². The molecule has 0 bridgehead atoms. The van der Waals surface area contributed by atoms with Crippen molar-refractivity contribution in [3.8, 4) is 0 Å². The van der Waals surface area contributed by atoms with E-state index in [0.717, 1.165) is 31.6 Å². The lowest BCUT2D eigenvalue weighted by Gasteiger charge is -2.40. The van der Waals surface area contributed by atoms with Gasteiger partial charge in [0.1, 0.15) is 0 Å². The Morgan fingerprint density at radius 1 is 1.56 bits per heavy atom. The van der Waals surface area contributed by atoms with Gasteiger partial charge in [-0.15, -0.1) is 0 Å². The second-order valence-corrected chi connectivity index (χ2v) is 5.13. The molecule has 1 unspecified atom stereocenters. The van der Waals surface area contributed by atoms with E-state index in [1.54, 1.807) is 0 Å². The van der Waals surface area contributed by atoms with Crippen molar-refractivity contribution in [2.75, 3.05) is 6.61 Å². The number of carbonyl (C=O) groups is 1. The summed E-state index contributed by atoms with van der Waals surface area (Å²) in [6.07, 6.45) is 4.72. The third kappa shape index (κ3) is 3.19. The van der Waals surface area contributed by atoms with E-state index >= 15 is 0 Å². The number of amides is 1. The van der Waals surface area contributed by atoms with Gasteiger partial charge in [0.25, 0.3) is 0 Å². The molecule has 1 fully saturated rings. The minimum absolute atomic E-state index is 0.0868. The van der Waals surface area contributed by atoms with Crippen molar-refractivity contribution in [3.63, 3.8) is 0 Å². The number of nitrogens with two attached hydrogens (primary N) is 1. The van der Waals surface area contributed by atoms with Gasteiger partial charge >= 0.3 is 0 Å². The Morgan fingerprint density at radius 2 is 2.12 bits per heavy atom. The number of primary amides is 1. The highest BCUT2D eigenvalue weighted by molar-refractivity contribution is 5.79. The molecule has 4 N–H and O–H groups in total. The molecule has 16 heavy (non-hydrogen) atoms. The smallest absolute Gasteiger partial charge is 0.234 e. The van der Waals surface area contributed by atoms with E-state index in [0.29, 0.717) is 6.42 Å². The lowest BCUT2D eigenvalue weighted by Crippen LogP contribution is -2.58. The van der Waals surface area contributed by atoms with Crippen LogP contribution in [-0.2, 0) is 4.79 Å². The summed E-state index contributed by atoms with van der Waals surface area (Å²) in [6, 6.07) is -0.319. The second-order valence-electron chi connectivity index (χ2n) is 5.13. The molecule has 1 atom stereocenters. The number of hydrogen-bond acceptors (Lipinski definition) is 3. The summed E-state index contributed by atoms with van der Waals surface area (Å²) in [6.45, 7) is 4.25. The summed E-state index contributed by atoms with van der Waals surface area (Å²) in [5, 5.41) is 12.8. The molecule has 0 radical (unpaired) electrons. The van der Waals surface area contributed by atoms with E-state index < -0.39 is 0 Å². The lowest BCUT2D eigenvalue weighted by atomic mass is 9.77. The minimum atomic E-state index is -0.325. The minimum Gasteiger partial charge on any atom is -0.394 e. The average molecular weight is 228 g/mol. The summed E-state index contributed by atoms with van der Waals surface area (Å²) < 4.78 is 0. The van der Waals surface area contributed by atoms with Gasteiger partial charge in [0, 0.05) is 5.54 Å². The van der Waals surface area contributed by atoms with Gasteiger partial charge in [-0.1, -0.05) is 13.8 Å². The van der Waals surface area contributed by atoms with Crippen LogP contribution in [-0.4, -0.2) is 29.2 Å². The topological polar surface area (TPSA) is 75.3 Å². The van der Waals surface area contributed by atoms with Crippen LogP contribution in [0.3, 0.4) is 0 Å². The van der Waals surface area contributed by atoms with Crippen molar-refractivity contribution in [3.05, 3.63) is 0 Å². The van der Waals surface area contributed by atoms with Crippen LogP contribution in [0.2, 0.25) is 0 Å². The maximum Gasteiger partial charge on any atom is 0.234 e. The van der Waals surface area contributed by atoms with Gasteiger partial charge in [-0.05, 0) is 38.0 Å². The number of hydrogen-bond donors (Lipinski definition) is 3. The summed E-state index contributed by atoms with van der Waals surface area (Å²) in [5.41, 5.74) is 5.03. The highest BCUT2D eigenvalue weighted by atomic mass is 16.3. The first-order valence-corrected chi connectivity index (χ1v) is 6.21. The van der Waals surface area contributed by atoms with E-state index in [1.165, 1.54) is 0 Å². The Balaban J connectivity index is 2.62.